The zero-order chi connectivity index (χ0) is 19.2. The van der Waals surface area contributed by atoms with Gasteiger partial charge in [-0.25, -0.2) is 4.79 Å². The first-order chi connectivity index (χ1) is 13.2. The van der Waals surface area contributed by atoms with Gasteiger partial charge in [0.25, 0.3) is 0 Å². The van der Waals surface area contributed by atoms with Gasteiger partial charge in [0.05, 0.1) is 6.04 Å². The molecule has 1 unspecified atom stereocenters. The van der Waals surface area contributed by atoms with Crippen LogP contribution in [0.1, 0.15) is 29.0 Å². The van der Waals surface area contributed by atoms with Crippen LogP contribution in [0.15, 0.2) is 54.4 Å². The summed E-state index contributed by atoms with van der Waals surface area (Å²) in [5, 5.41) is 4.85. The summed E-state index contributed by atoms with van der Waals surface area (Å²) in [4.78, 5) is 30.2. The Kier molecular flexibility index (Phi) is 6.29. The second-order valence-corrected chi connectivity index (χ2v) is 7.45. The Labute approximate surface area is 164 Å². The van der Waals surface area contributed by atoms with Crippen molar-refractivity contribution in [1.82, 2.24) is 15.1 Å². The van der Waals surface area contributed by atoms with Gasteiger partial charge in [-0.2, -0.15) is 0 Å². The van der Waals surface area contributed by atoms with E-state index in [1.807, 2.05) is 30.0 Å². The number of nitrogens with zero attached hydrogens (tertiary/aromatic N) is 2. The highest BCUT2D eigenvalue weighted by Crippen LogP contribution is 2.37. The van der Waals surface area contributed by atoms with Crippen LogP contribution >= 0.6 is 11.3 Å². The molecule has 1 N–H and O–H groups in total. The van der Waals surface area contributed by atoms with Crippen LogP contribution in [0.2, 0.25) is 0 Å². The molecule has 0 spiro atoms. The first kappa shape index (κ1) is 19.2. The molecule has 1 atom stereocenters. The monoisotopic (exact) mass is 383 g/mol. The third-order valence-corrected chi connectivity index (χ3v) is 5.69. The number of carbonyl (C=O) groups excluding carboxylic acids is 2. The van der Waals surface area contributed by atoms with Gasteiger partial charge in [0.1, 0.15) is 6.54 Å². The third kappa shape index (κ3) is 4.22. The lowest BCUT2D eigenvalue weighted by Crippen LogP contribution is -2.49. The molecule has 0 saturated carbocycles. The number of amides is 3. The molecule has 1 aromatic carbocycles. The Morgan fingerprint density at radius 2 is 2.11 bits per heavy atom. The molecule has 0 radical (unpaired) electrons. The number of thiophene rings is 1. The topological polar surface area (TPSA) is 52.7 Å². The van der Waals surface area contributed by atoms with Crippen molar-refractivity contribution in [3.8, 4) is 0 Å². The van der Waals surface area contributed by atoms with Crippen LogP contribution in [0.3, 0.4) is 0 Å². The summed E-state index contributed by atoms with van der Waals surface area (Å²) in [7, 11) is 0. The molecular formula is C21H25N3O2S. The maximum Gasteiger partial charge on any atom is 0.318 e. The fourth-order valence-corrected chi connectivity index (χ4v) is 4.38. The van der Waals surface area contributed by atoms with Gasteiger partial charge in [0, 0.05) is 24.5 Å². The molecule has 2 heterocycles. The molecule has 1 aliphatic rings. The molecule has 0 aliphatic carbocycles. The number of hydrogen-bond acceptors (Lipinski definition) is 3. The van der Waals surface area contributed by atoms with E-state index in [2.05, 4.69) is 35.5 Å². The zero-order valence-electron chi connectivity index (χ0n) is 15.6. The number of rotatable bonds is 6. The van der Waals surface area contributed by atoms with E-state index in [1.54, 1.807) is 17.4 Å². The molecule has 3 amide bonds. The van der Waals surface area contributed by atoms with Crippen LogP contribution in [0.4, 0.5) is 4.79 Å². The Balaban J connectivity index is 1.86. The molecule has 0 bridgehead atoms. The Morgan fingerprint density at radius 3 is 2.81 bits per heavy atom. The minimum atomic E-state index is -0.241. The largest absolute Gasteiger partial charge is 0.338 e. The molecule has 2 aromatic rings. The van der Waals surface area contributed by atoms with Crippen molar-refractivity contribution in [2.75, 3.05) is 26.2 Å². The number of benzene rings is 1. The lowest BCUT2D eigenvalue weighted by atomic mass is 9.93. The molecule has 0 saturated heterocycles. The van der Waals surface area contributed by atoms with Crippen LogP contribution in [-0.2, 0) is 11.2 Å². The third-order valence-electron chi connectivity index (χ3n) is 4.69. The molecule has 1 aliphatic heterocycles. The van der Waals surface area contributed by atoms with Crippen molar-refractivity contribution in [1.29, 1.82) is 0 Å². The predicted molar refractivity (Wildman–Crippen MR) is 109 cm³/mol. The van der Waals surface area contributed by atoms with E-state index in [4.69, 9.17) is 0 Å². The molecule has 3 rings (SSSR count). The van der Waals surface area contributed by atoms with Gasteiger partial charge in [-0.05, 0) is 35.9 Å². The minimum Gasteiger partial charge on any atom is -0.338 e. The van der Waals surface area contributed by atoms with Gasteiger partial charge in [-0.1, -0.05) is 36.4 Å². The van der Waals surface area contributed by atoms with Gasteiger partial charge in [-0.15, -0.1) is 17.9 Å². The number of carbonyl (C=O) groups is 2. The molecular weight excluding hydrogens is 358 g/mol. The second-order valence-electron chi connectivity index (χ2n) is 6.45. The van der Waals surface area contributed by atoms with Gasteiger partial charge in [-0.3, -0.25) is 4.79 Å². The van der Waals surface area contributed by atoms with Gasteiger partial charge in [0.15, 0.2) is 0 Å². The fraction of sp³-hybridized carbons (Fsp3) is 0.333. The Hall–Kier alpha value is -2.60. The maximum atomic E-state index is 13.2. The zero-order valence-corrected chi connectivity index (χ0v) is 16.4. The molecule has 6 heteroatoms. The van der Waals surface area contributed by atoms with Gasteiger partial charge in [0.2, 0.25) is 5.91 Å². The minimum absolute atomic E-state index is 0.0423. The number of fused-ring (bicyclic) bond motifs is 1. The molecule has 1 aromatic heterocycles. The molecule has 0 fully saturated rings. The summed E-state index contributed by atoms with van der Waals surface area (Å²) in [5.74, 6) is -0.0474. The van der Waals surface area contributed by atoms with E-state index in [-0.39, 0.29) is 24.5 Å². The highest BCUT2D eigenvalue weighted by atomic mass is 32.1. The summed E-state index contributed by atoms with van der Waals surface area (Å²) in [6.45, 7) is 7.12. The highest BCUT2D eigenvalue weighted by Gasteiger charge is 2.33. The normalized spacial score (nSPS) is 15.7. The van der Waals surface area contributed by atoms with E-state index in [9.17, 15) is 9.59 Å². The quantitative estimate of drug-likeness (QED) is 0.777. The van der Waals surface area contributed by atoms with Crippen LogP contribution in [0.25, 0.3) is 0 Å². The number of hydrogen-bond donors (Lipinski definition) is 1. The number of nitrogens with one attached hydrogen (secondary N) is 1. The Bertz CT molecular complexity index is 803. The first-order valence-corrected chi connectivity index (χ1v) is 10.1. The number of urea groups is 1. The van der Waals surface area contributed by atoms with Crippen LogP contribution in [-0.4, -0.2) is 47.9 Å². The SMILES string of the molecule is C=CCN(CC(=O)N1CCc2sccc2C1c1ccccc1)C(=O)NCC. The lowest BCUT2D eigenvalue weighted by Gasteiger charge is -2.37. The molecule has 5 nitrogen and oxygen atoms in total. The van der Waals surface area contributed by atoms with Crippen LogP contribution < -0.4 is 5.32 Å². The van der Waals surface area contributed by atoms with Crippen molar-refractivity contribution in [2.24, 2.45) is 0 Å². The van der Waals surface area contributed by atoms with Crippen molar-refractivity contribution in [3.63, 3.8) is 0 Å². The van der Waals surface area contributed by atoms with E-state index in [0.717, 1.165) is 12.0 Å². The predicted octanol–water partition coefficient (Wildman–Crippen LogP) is 3.44. The lowest BCUT2D eigenvalue weighted by molar-refractivity contribution is -0.133. The Morgan fingerprint density at radius 1 is 1.33 bits per heavy atom. The van der Waals surface area contributed by atoms with Crippen LogP contribution in [0, 0.1) is 0 Å². The van der Waals surface area contributed by atoms with Crippen LogP contribution in [0.5, 0.6) is 0 Å². The standard InChI is InChI=1S/C21H25N3O2S/c1-3-12-23(21(26)22-4-2)15-19(25)24-13-10-18-17(11-14-27-18)20(24)16-8-6-5-7-9-16/h3,5-9,11,14,20H,1,4,10,12-13,15H2,2H3,(H,22,26). The average molecular weight is 384 g/mol. The first-order valence-electron chi connectivity index (χ1n) is 9.20. The van der Waals surface area contributed by atoms with E-state index >= 15 is 0 Å². The van der Waals surface area contributed by atoms with Crippen molar-refractivity contribution < 1.29 is 9.59 Å². The highest BCUT2D eigenvalue weighted by molar-refractivity contribution is 7.10. The summed E-state index contributed by atoms with van der Waals surface area (Å²) >= 11 is 1.75. The van der Waals surface area contributed by atoms with E-state index in [1.165, 1.54) is 15.3 Å². The van der Waals surface area contributed by atoms with E-state index in [0.29, 0.717) is 19.6 Å². The van der Waals surface area contributed by atoms with Crippen molar-refractivity contribution >= 4 is 23.3 Å². The van der Waals surface area contributed by atoms with Crippen molar-refractivity contribution in [3.05, 3.63) is 70.4 Å². The fourth-order valence-electron chi connectivity index (χ4n) is 3.47. The second kappa shape index (κ2) is 8.86. The summed E-state index contributed by atoms with van der Waals surface area (Å²) in [6, 6.07) is 11.9. The van der Waals surface area contributed by atoms with E-state index < -0.39 is 0 Å². The van der Waals surface area contributed by atoms with Crippen molar-refractivity contribution in [2.45, 2.75) is 19.4 Å². The smallest absolute Gasteiger partial charge is 0.318 e. The summed E-state index contributed by atoms with van der Waals surface area (Å²) in [5.41, 5.74) is 2.29. The summed E-state index contributed by atoms with van der Waals surface area (Å²) in [6.07, 6.45) is 2.50. The average Bonchev–Trinajstić information content (AvgIpc) is 3.16. The maximum absolute atomic E-state index is 13.2. The molecule has 142 valence electrons. The summed E-state index contributed by atoms with van der Waals surface area (Å²) < 4.78 is 0. The van der Waals surface area contributed by atoms with Gasteiger partial charge >= 0.3 is 6.03 Å². The molecule has 27 heavy (non-hydrogen) atoms. The van der Waals surface area contributed by atoms with Gasteiger partial charge < -0.3 is 15.1 Å².